The van der Waals surface area contributed by atoms with E-state index in [1.54, 1.807) is 0 Å². The first-order chi connectivity index (χ1) is 9.43. The Morgan fingerprint density at radius 1 is 1.60 bits per heavy atom. The van der Waals surface area contributed by atoms with Crippen molar-refractivity contribution in [2.75, 3.05) is 6.61 Å². The average molecular weight is 349 g/mol. The van der Waals surface area contributed by atoms with Crippen LogP contribution in [-0.2, 0) is 4.74 Å². The Kier molecular flexibility index (Phi) is 4.56. The van der Waals surface area contributed by atoms with Gasteiger partial charge < -0.3 is 15.2 Å². The Morgan fingerprint density at radius 2 is 2.30 bits per heavy atom. The van der Waals surface area contributed by atoms with Crippen LogP contribution in [0.1, 0.15) is 13.3 Å². The zero-order chi connectivity index (χ0) is 14.9. The third kappa shape index (κ3) is 2.92. The minimum absolute atomic E-state index is 0.0169. The number of ether oxygens (including phenoxy) is 2. The van der Waals surface area contributed by atoms with Crippen molar-refractivity contribution in [1.82, 2.24) is 0 Å². The molecule has 0 aromatic heterocycles. The van der Waals surface area contributed by atoms with Crippen molar-refractivity contribution in [2.24, 2.45) is 5.73 Å². The summed E-state index contributed by atoms with van der Waals surface area (Å²) >= 11 is 2.91. The SMILES string of the molecule is CCOC1C(N)CC1Oc1cc(F)c(Br)cc1[N+](=O)[O-]. The highest BCUT2D eigenvalue weighted by Crippen LogP contribution is 2.36. The van der Waals surface area contributed by atoms with Gasteiger partial charge in [-0.3, -0.25) is 10.1 Å². The van der Waals surface area contributed by atoms with E-state index in [0.29, 0.717) is 13.0 Å². The van der Waals surface area contributed by atoms with Crippen molar-refractivity contribution < 1.29 is 18.8 Å². The monoisotopic (exact) mass is 348 g/mol. The van der Waals surface area contributed by atoms with Gasteiger partial charge >= 0.3 is 5.69 Å². The van der Waals surface area contributed by atoms with Crippen LogP contribution >= 0.6 is 15.9 Å². The summed E-state index contributed by atoms with van der Waals surface area (Å²) in [5.74, 6) is -0.737. The molecular formula is C12H14BrFN2O4. The maximum absolute atomic E-state index is 13.5. The summed E-state index contributed by atoms with van der Waals surface area (Å²) in [5, 5.41) is 11.0. The van der Waals surface area contributed by atoms with E-state index in [2.05, 4.69) is 15.9 Å². The summed E-state index contributed by atoms with van der Waals surface area (Å²) < 4.78 is 24.4. The smallest absolute Gasteiger partial charge is 0.312 e. The highest BCUT2D eigenvalue weighted by molar-refractivity contribution is 9.10. The van der Waals surface area contributed by atoms with Gasteiger partial charge in [-0.1, -0.05) is 0 Å². The normalized spacial score (nSPS) is 25.1. The first-order valence-corrected chi connectivity index (χ1v) is 6.90. The highest BCUT2D eigenvalue weighted by atomic mass is 79.9. The van der Waals surface area contributed by atoms with E-state index in [1.165, 1.54) is 0 Å². The number of hydrogen-bond donors (Lipinski definition) is 1. The molecule has 1 aromatic carbocycles. The molecule has 2 N–H and O–H groups in total. The third-order valence-electron chi connectivity index (χ3n) is 3.13. The molecule has 6 nitrogen and oxygen atoms in total. The lowest BCUT2D eigenvalue weighted by Gasteiger charge is -2.41. The van der Waals surface area contributed by atoms with Crippen molar-refractivity contribution >= 4 is 21.6 Å². The van der Waals surface area contributed by atoms with Crippen LogP contribution in [0.3, 0.4) is 0 Å². The van der Waals surface area contributed by atoms with Crippen molar-refractivity contribution in [3.63, 3.8) is 0 Å². The van der Waals surface area contributed by atoms with Gasteiger partial charge in [0.1, 0.15) is 18.0 Å². The zero-order valence-corrected chi connectivity index (χ0v) is 12.3. The Hall–Kier alpha value is -1.25. The molecule has 20 heavy (non-hydrogen) atoms. The summed E-state index contributed by atoms with van der Waals surface area (Å²) in [6.45, 7) is 2.29. The Balaban J connectivity index is 2.21. The number of nitrogens with two attached hydrogens (primary N) is 1. The molecule has 0 saturated heterocycles. The number of nitro benzene ring substituents is 1. The Morgan fingerprint density at radius 3 is 2.85 bits per heavy atom. The molecule has 0 amide bonds. The van der Waals surface area contributed by atoms with E-state index in [0.717, 1.165) is 12.1 Å². The van der Waals surface area contributed by atoms with Gasteiger partial charge in [0.15, 0.2) is 5.75 Å². The largest absolute Gasteiger partial charge is 0.481 e. The van der Waals surface area contributed by atoms with Gasteiger partial charge in [0.2, 0.25) is 0 Å². The van der Waals surface area contributed by atoms with Gasteiger partial charge in [-0.05, 0) is 22.9 Å². The van der Waals surface area contributed by atoms with Crippen LogP contribution in [-0.4, -0.2) is 29.8 Å². The van der Waals surface area contributed by atoms with Crippen LogP contribution < -0.4 is 10.5 Å². The lowest BCUT2D eigenvalue weighted by molar-refractivity contribution is -0.386. The maximum atomic E-state index is 13.5. The fraction of sp³-hybridized carbons (Fsp3) is 0.500. The number of halogens is 2. The molecule has 0 radical (unpaired) electrons. The highest BCUT2D eigenvalue weighted by Gasteiger charge is 2.42. The zero-order valence-electron chi connectivity index (χ0n) is 10.7. The van der Waals surface area contributed by atoms with E-state index in [9.17, 15) is 14.5 Å². The molecule has 3 unspecified atom stereocenters. The fourth-order valence-electron chi connectivity index (χ4n) is 2.07. The first-order valence-electron chi connectivity index (χ1n) is 6.11. The standard InChI is InChI=1S/C12H14BrFN2O4/c1-2-19-12-8(15)5-11(12)20-10-4-7(14)6(13)3-9(10)16(17)18/h3-4,8,11-12H,2,5,15H2,1H3. The number of nitro groups is 1. The summed E-state index contributed by atoms with van der Waals surface area (Å²) in [6.07, 6.45) is -0.213. The maximum Gasteiger partial charge on any atom is 0.312 e. The Labute approximate surface area is 123 Å². The van der Waals surface area contributed by atoms with Crippen LogP contribution in [0, 0.1) is 15.9 Å². The molecule has 110 valence electrons. The lowest BCUT2D eigenvalue weighted by Crippen LogP contribution is -2.59. The van der Waals surface area contributed by atoms with Crippen molar-refractivity contribution in [2.45, 2.75) is 31.6 Å². The number of benzene rings is 1. The molecule has 0 aliphatic heterocycles. The van der Waals surface area contributed by atoms with Gasteiger partial charge in [-0.2, -0.15) is 0 Å². The molecule has 1 saturated carbocycles. The van der Waals surface area contributed by atoms with E-state index < -0.39 is 16.8 Å². The predicted molar refractivity (Wildman–Crippen MR) is 73.2 cm³/mol. The van der Waals surface area contributed by atoms with Crippen LogP contribution in [0.2, 0.25) is 0 Å². The predicted octanol–water partition coefficient (Wildman–Crippen LogP) is 2.38. The van der Waals surface area contributed by atoms with Crippen molar-refractivity contribution in [1.29, 1.82) is 0 Å². The van der Waals surface area contributed by atoms with Crippen LogP contribution in [0.5, 0.6) is 5.75 Å². The number of hydrogen-bond acceptors (Lipinski definition) is 5. The quantitative estimate of drug-likeness (QED) is 0.651. The molecular weight excluding hydrogens is 335 g/mol. The second-order valence-electron chi connectivity index (χ2n) is 4.47. The summed E-state index contributed by atoms with van der Waals surface area (Å²) in [5.41, 5.74) is 5.49. The van der Waals surface area contributed by atoms with Gasteiger partial charge in [-0.25, -0.2) is 4.39 Å². The average Bonchev–Trinajstić information content (AvgIpc) is 2.39. The molecule has 0 bridgehead atoms. The molecule has 0 spiro atoms. The minimum Gasteiger partial charge on any atom is -0.481 e. The van der Waals surface area contributed by atoms with E-state index >= 15 is 0 Å². The van der Waals surface area contributed by atoms with Crippen LogP contribution in [0.15, 0.2) is 16.6 Å². The fourth-order valence-corrected chi connectivity index (χ4v) is 2.40. The Bertz CT molecular complexity index is 528. The molecule has 2 rings (SSSR count). The summed E-state index contributed by atoms with van der Waals surface area (Å²) in [7, 11) is 0. The topological polar surface area (TPSA) is 87.6 Å². The second-order valence-corrected chi connectivity index (χ2v) is 5.32. The van der Waals surface area contributed by atoms with Gasteiger partial charge in [0.25, 0.3) is 0 Å². The van der Waals surface area contributed by atoms with Crippen LogP contribution in [0.25, 0.3) is 0 Å². The molecule has 1 fully saturated rings. The molecule has 1 aromatic rings. The number of nitrogens with zero attached hydrogens (tertiary/aromatic N) is 1. The lowest BCUT2D eigenvalue weighted by atomic mass is 9.86. The first kappa shape index (κ1) is 15.1. The number of rotatable bonds is 5. The molecule has 0 heterocycles. The van der Waals surface area contributed by atoms with E-state index in [-0.39, 0.29) is 28.1 Å². The molecule has 1 aliphatic rings. The van der Waals surface area contributed by atoms with Crippen molar-refractivity contribution in [3.05, 3.63) is 32.5 Å². The molecule has 8 heteroatoms. The van der Waals surface area contributed by atoms with Gasteiger partial charge in [0.05, 0.1) is 9.40 Å². The molecule has 3 atom stereocenters. The van der Waals surface area contributed by atoms with Crippen molar-refractivity contribution in [3.8, 4) is 5.75 Å². The van der Waals surface area contributed by atoms with Gasteiger partial charge in [-0.15, -0.1) is 0 Å². The van der Waals surface area contributed by atoms with Gasteiger partial charge in [0, 0.05) is 31.2 Å². The second kappa shape index (κ2) is 6.02. The van der Waals surface area contributed by atoms with Crippen LogP contribution in [0.4, 0.5) is 10.1 Å². The third-order valence-corrected chi connectivity index (χ3v) is 3.74. The van der Waals surface area contributed by atoms with E-state index in [1.807, 2.05) is 6.92 Å². The summed E-state index contributed by atoms with van der Waals surface area (Å²) in [4.78, 5) is 10.4. The van der Waals surface area contributed by atoms with E-state index in [4.69, 9.17) is 15.2 Å². The summed E-state index contributed by atoms with van der Waals surface area (Å²) in [6, 6.07) is 1.91. The molecule has 1 aliphatic carbocycles. The minimum atomic E-state index is -0.623.